The van der Waals surface area contributed by atoms with Gasteiger partial charge in [0.1, 0.15) is 24.4 Å². The molecule has 0 aromatic carbocycles. The molecule has 0 aromatic rings. The minimum absolute atomic E-state index is 0.00612. The lowest BCUT2D eigenvalue weighted by molar-refractivity contribution is -0.305. The zero-order valence-corrected chi connectivity index (χ0v) is 52.8. The largest absolute Gasteiger partial charge is 0.454 e. The summed E-state index contributed by atoms with van der Waals surface area (Å²) < 4.78 is 17.6. The average molecular weight is 1160 g/mol. The van der Waals surface area contributed by atoms with Crippen LogP contribution in [0.15, 0.2) is 109 Å². The number of ether oxygens (including phenoxy) is 3. The topological polar surface area (TPSA) is 175 Å². The van der Waals surface area contributed by atoms with E-state index in [9.17, 15) is 35.1 Å². The molecule has 1 saturated heterocycles. The Hall–Kier alpha value is -3.68. The number of carbonyl (C=O) groups excluding carboxylic acids is 2. The highest BCUT2D eigenvalue weighted by Gasteiger charge is 2.47. The third kappa shape index (κ3) is 46.2. The van der Waals surface area contributed by atoms with Crippen LogP contribution >= 0.6 is 0 Å². The van der Waals surface area contributed by atoms with Crippen molar-refractivity contribution in [3.05, 3.63) is 109 Å². The Labute approximate surface area is 507 Å². The fraction of sp³-hybridized carbons (Fsp3) is 0.722. The highest BCUT2D eigenvalue weighted by Crippen LogP contribution is 2.26. The fourth-order valence-corrected chi connectivity index (χ4v) is 9.88. The number of unbranched alkanes of at least 4 members (excludes halogenated alkanes) is 26. The number of hydrogen-bond donors (Lipinski definition) is 6. The highest BCUT2D eigenvalue weighted by atomic mass is 16.7. The molecule has 11 nitrogen and oxygen atoms in total. The van der Waals surface area contributed by atoms with Crippen LogP contribution in [-0.4, -0.2) is 99.6 Å². The summed E-state index contributed by atoms with van der Waals surface area (Å²) in [5.41, 5.74) is 0. The molecule has 1 rings (SSSR count). The fourth-order valence-electron chi connectivity index (χ4n) is 9.88. The van der Waals surface area contributed by atoms with Crippen LogP contribution in [-0.2, 0) is 23.8 Å². The van der Waals surface area contributed by atoms with Gasteiger partial charge >= 0.3 is 5.97 Å². The molecular weight excluding hydrogens is 1040 g/mol. The second-order valence-electron chi connectivity index (χ2n) is 22.8. The number of esters is 1. The van der Waals surface area contributed by atoms with Gasteiger partial charge in [-0.25, -0.2) is 0 Å². The zero-order valence-electron chi connectivity index (χ0n) is 52.8. The molecule has 6 N–H and O–H groups in total. The number of hydrogen-bond acceptors (Lipinski definition) is 10. The lowest BCUT2D eigenvalue weighted by Gasteiger charge is -2.41. The molecule has 11 heteroatoms. The van der Waals surface area contributed by atoms with E-state index in [1.165, 1.54) is 135 Å². The van der Waals surface area contributed by atoms with Gasteiger partial charge in [-0.2, -0.15) is 0 Å². The van der Waals surface area contributed by atoms with Gasteiger partial charge in [0.05, 0.1) is 25.4 Å². The van der Waals surface area contributed by atoms with Gasteiger partial charge in [0, 0.05) is 6.42 Å². The van der Waals surface area contributed by atoms with E-state index in [1.807, 2.05) is 18.2 Å². The molecule has 1 aliphatic heterocycles. The molecule has 0 radical (unpaired) electrons. The summed E-state index contributed by atoms with van der Waals surface area (Å²) in [4.78, 5) is 26.6. The average Bonchev–Trinajstić information content (AvgIpc) is 3.58. The van der Waals surface area contributed by atoms with Gasteiger partial charge in [-0.3, -0.25) is 9.59 Å². The van der Waals surface area contributed by atoms with Crippen molar-refractivity contribution in [2.45, 2.75) is 320 Å². The van der Waals surface area contributed by atoms with E-state index in [4.69, 9.17) is 14.2 Å². The van der Waals surface area contributed by atoms with Crippen molar-refractivity contribution < 1.29 is 49.3 Å². The lowest BCUT2D eigenvalue weighted by atomic mass is 9.99. The van der Waals surface area contributed by atoms with Crippen molar-refractivity contribution in [1.82, 2.24) is 5.32 Å². The molecule has 0 bridgehead atoms. The number of aliphatic hydroxyl groups excluding tert-OH is 5. The van der Waals surface area contributed by atoms with Crippen molar-refractivity contribution in [3.8, 4) is 0 Å². The second-order valence-corrected chi connectivity index (χ2v) is 22.8. The second kappa shape index (κ2) is 58.7. The third-order valence-corrected chi connectivity index (χ3v) is 15.2. The van der Waals surface area contributed by atoms with Crippen LogP contribution in [0.5, 0.6) is 0 Å². The van der Waals surface area contributed by atoms with Crippen LogP contribution in [0.1, 0.15) is 271 Å². The van der Waals surface area contributed by atoms with Crippen LogP contribution in [0.2, 0.25) is 0 Å². The normalized spacial score (nSPS) is 19.3. The Kier molecular flexibility index (Phi) is 54.7. The van der Waals surface area contributed by atoms with Crippen LogP contribution in [0.3, 0.4) is 0 Å². The van der Waals surface area contributed by atoms with E-state index in [0.717, 1.165) is 83.5 Å². The summed E-state index contributed by atoms with van der Waals surface area (Å²) in [6.45, 7) is 5.63. The molecule has 8 unspecified atom stereocenters. The predicted molar refractivity (Wildman–Crippen MR) is 347 cm³/mol. The Bertz CT molecular complexity index is 1770. The molecule has 0 aliphatic carbocycles. The smallest absolute Gasteiger partial charge is 0.306 e. The quantitative estimate of drug-likeness (QED) is 0.0195. The first-order chi connectivity index (χ1) is 40.7. The first-order valence-corrected chi connectivity index (χ1v) is 33.7. The van der Waals surface area contributed by atoms with Gasteiger partial charge in [-0.1, -0.05) is 278 Å². The summed E-state index contributed by atoms with van der Waals surface area (Å²) in [5, 5.41) is 57.1. The Morgan fingerprint density at radius 3 is 1.33 bits per heavy atom. The maximum absolute atomic E-state index is 13.5. The monoisotopic (exact) mass is 1160 g/mol. The van der Waals surface area contributed by atoms with Crippen molar-refractivity contribution in [2.75, 3.05) is 13.2 Å². The summed E-state index contributed by atoms with van der Waals surface area (Å²) in [7, 11) is 0. The molecule has 1 aliphatic rings. The number of rotatable bonds is 56. The van der Waals surface area contributed by atoms with Crippen molar-refractivity contribution in [2.24, 2.45) is 0 Å². The number of allylic oxidation sites excluding steroid dienone is 17. The molecule has 0 aromatic heterocycles. The molecule has 1 amide bonds. The van der Waals surface area contributed by atoms with Crippen molar-refractivity contribution >= 4 is 11.9 Å². The Morgan fingerprint density at radius 2 is 0.867 bits per heavy atom. The van der Waals surface area contributed by atoms with Gasteiger partial charge in [-0.15, -0.1) is 0 Å². The van der Waals surface area contributed by atoms with Gasteiger partial charge < -0.3 is 45.1 Å². The first kappa shape index (κ1) is 77.3. The third-order valence-electron chi connectivity index (χ3n) is 15.2. The van der Waals surface area contributed by atoms with Gasteiger partial charge in [0.15, 0.2) is 12.4 Å². The van der Waals surface area contributed by atoms with Crippen LogP contribution in [0, 0.1) is 0 Å². The van der Waals surface area contributed by atoms with Crippen LogP contribution in [0.4, 0.5) is 0 Å². The molecule has 83 heavy (non-hydrogen) atoms. The molecule has 476 valence electrons. The molecule has 0 saturated carbocycles. The summed E-state index contributed by atoms with van der Waals surface area (Å²) in [5.74, 6) is -1.29. The van der Waals surface area contributed by atoms with Gasteiger partial charge in [-0.05, 0) is 96.3 Å². The van der Waals surface area contributed by atoms with Crippen molar-refractivity contribution in [3.63, 3.8) is 0 Å². The number of carbonyl (C=O) groups is 2. The SMILES string of the molecule is CC/C=C\C/C=C\C/C=C\C/C=C\C/C=C\C/C=C\CCC(=O)OC1C(OCC(NC(=O)C(O)CCCCCCCCCCCCCC/C=C\C/C=C\CCCCC)C(O)/C=C/CCCCCCCCCCCCC)OC(CO)C(O)C1O. The van der Waals surface area contributed by atoms with E-state index in [2.05, 4.69) is 111 Å². The predicted octanol–water partition coefficient (Wildman–Crippen LogP) is 16.8. The maximum Gasteiger partial charge on any atom is 0.306 e. The molecular formula is C72H123NO10. The van der Waals surface area contributed by atoms with Crippen molar-refractivity contribution in [1.29, 1.82) is 0 Å². The Morgan fingerprint density at radius 1 is 0.482 bits per heavy atom. The van der Waals surface area contributed by atoms with Crippen LogP contribution in [0.25, 0.3) is 0 Å². The van der Waals surface area contributed by atoms with E-state index in [0.29, 0.717) is 19.3 Å². The minimum atomic E-state index is -1.65. The number of aliphatic hydroxyl groups is 5. The molecule has 8 atom stereocenters. The van der Waals surface area contributed by atoms with E-state index < -0.39 is 67.4 Å². The minimum Gasteiger partial charge on any atom is -0.454 e. The van der Waals surface area contributed by atoms with Crippen LogP contribution < -0.4 is 5.32 Å². The first-order valence-electron chi connectivity index (χ1n) is 33.7. The van der Waals surface area contributed by atoms with E-state index >= 15 is 0 Å². The van der Waals surface area contributed by atoms with Gasteiger partial charge in [0.2, 0.25) is 5.91 Å². The summed E-state index contributed by atoms with van der Waals surface area (Å²) >= 11 is 0. The zero-order chi connectivity index (χ0) is 60.3. The number of amides is 1. The van der Waals surface area contributed by atoms with E-state index in [-0.39, 0.29) is 19.4 Å². The highest BCUT2D eigenvalue weighted by molar-refractivity contribution is 5.80. The van der Waals surface area contributed by atoms with E-state index in [1.54, 1.807) is 6.08 Å². The standard InChI is InChI=1S/C72H123NO10/c1-4-7-10-13-16-19-22-25-27-29-31-32-33-35-36-38-41-44-47-50-53-56-59-65(76)71(80)73-63(64(75)58-55-52-49-46-43-40-24-21-18-15-12-9-6-3)62-81-72-70(69(79)68(78)66(61-74)82-72)83-67(77)60-57-54-51-48-45-42-39-37-34-30-28-26-23-20-17-14-11-8-5-2/h8,11,16-17,19-20,25-28,34,37,42,45,51,54-55,58,63-66,68-70,72,74-76,78-79H,4-7,9-10,12-15,18,21-24,29-33,35-36,38-41,43-44,46-50,52-53,56-57,59-62H2,1-3H3,(H,73,80)/b11-8-,19-16-,20-17-,27-25-,28-26-,37-34-,45-42-,54-51-,58-55+. The Balaban J connectivity index is 2.68. The lowest BCUT2D eigenvalue weighted by Crippen LogP contribution is -2.61. The molecule has 1 fully saturated rings. The van der Waals surface area contributed by atoms with Gasteiger partial charge in [0.25, 0.3) is 0 Å². The molecule has 1 heterocycles. The number of nitrogens with one attached hydrogen (secondary N) is 1. The molecule has 0 spiro atoms. The maximum atomic E-state index is 13.5. The summed E-state index contributed by atoms with van der Waals surface area (Å²) in [6.07, 6.45) is 69.9. The summed E-state index contributed by atoms with van der Waals surface area (Å²) in [6, 6.07) is -1.05.